The predicted octanol–water partition coefficient (Wildman–Crippen LogP) is 4.40. The van der Waals surface area contributed by atoms with Gasteiger partial charge in [0.2, 0.25) is 0 Å². The average Bonchev–Trinajstić information content (AvgIpc) is 3.27. The van der Waals surface area contributed by atoms with Crippen molar-refractivity contribution in [2.24, 2.45) is 5.73 Å². The van der Waals surface area contributed by atoms with E-state index in [4.69, 9.17) is 26.2 Å². The van der Waals surface area contributed by atoms with E-state index >= 15 is 0 Å². The highest BCUT2D eigenvalue weighted by atomic mass is 35.5. The van der Waals surface area contributed by atoms with Crippen molar-refractivity contribution in [3.8, 4) is 0 Å². The number of nitrogens with two attached hydrogens (primary N) is 1. The first-order chi connectivity index (χ1) is 12.1. The Morgan fingerprint density at radius 1 is 1.26 bits per heavy atom. The number of halogens is 3. The number of furan rings is 1. The van der Waals surface area contributed by atoms with E-state index < -0.39 is 0 Å². The molecule has 1 aliphatic heterocycles. The number of fused-ring (bicyclic) bond motifs is 1. The summed E-state index contributed by atoms with van der Waals surface area (Å²) in [5, 5.41) is 0.643. The van der Waals surface area contributed by atoms with E-state index in [-0.39, 0.29) is 43.2 Å². The van der Waals surface area contributed by atoms with Gasteiger partial charge in [-0.1, -0.05) is 11.6 Å². The Balaban J connectivity index is 0.00000131. The number of benzene rings is 1. The van der Waals surface area contributed by atoms with Gasteiger partial charge >= 0.3 is 0 Å². The van der Waals surface area contributed by atoms with Gasteiger partial charge in [0.25, 0.3) is 5.91 Å². The number of aromatic nitrogens is 1. The molecule has 4 rings (SSSR count). The summed E-state index contributed by atoms with van der Waals surface area (Å²) < 4.78 is 11.1. The lowest BCUT2D eigenvalue weighted by atomic mass is 9.96. The molecule has 0 unspecified atom stereocenters. The summed E-state index contributed by atoms with van der Waals surface area (Å²) >= 11 is 6.00. The number of hydrogen-bond acceptors (Lipinski definition) is 5. The summed E-state index contributed by atoms with van der Waals surface area (Å²) in [5.74, 6) is 1.52. The molecule has 2 N–H and O–H groups in total. The molecular formula is C18H20Cl3N3O3. The minimum atomic E-state index is -0.0220. The summed E-state index contributed by atoms with van der Waals surface area (Å²) in [6, 6.07) is 7.14. The second kappa shape index (κ2) is 8.97. The number of rotatable bonds is 3. The number of oxazole rings is 1. The van der Waals surface area contributed by atoms with E-state index in [1.54, 1.807) is 18.2 Å². The van der Waals surface area contributed by atoms with Crippen molar-refractivity contribution in [1.82, 2.24) is 9.88 Å². The molecule has 9 heteroatoms. The molecule has 6 nitrogen and oxygen atoms in total. The van der Waals surface area contributed by atoms with E-state index in [1.165, 1.54) is 6.26 Å². The zero-order chi connectivity index (χ0) is 17.4. The molecule has 0 radical (unpaired) electrons. The van der Waals surface area contributed by atoms with Gasteiger partial charge in [-0.3, -0.25) is 4.79 Å². The fraction of sp³-hybridized carbons (Fsp3) is 0.333. The van der Waals surface area contributed by atoms with Gasteiger partial charge in [0.05, 0.1) is 12.1 Å². The number of amides is 1. The Morgan fingerprint density at radius 3 is 2.67 bits per heavy atom. The molecule has 1 fully saturated rings. The van der Waals surface area contributed by atoms with Crippen LogP contribution in [0.25, 0.3) is 11.1 Å². The van der Waals surface area contributed by atoms with Crippen molar-refractivity contribution in [3.05, 3.63) is 52.8 Å². The van der Waals surface area contributed by atoms with Gasteiger partial charge in [-0.15, -0.1) is 24.8 Å². The highest BCUT2D eigenvalue weighted by molar-refractivity contribution is 6.31. The van der Waals surface area contributed by atoms with E-state index in [0.29, 0.717) is 29.4 Å². The SMILES string of the molecule is Cl.Cl.NCc1cc(C(=O)N2CCC(c3nc4cc(Cl)ccc4o3)CC2)co1. The van der Waals surface area contributed by atoms with E-state index in [0.717, 1.165) is 29.8 Å². The maximum Gasteiger partial charge on any atom is 0.257 e. The monoisotopic (exact) mass is 431 g/mol. The van der Waals surface area contributed by atoms with E-state index in [1.807, 2.05) is 11.0 Å². The van der Waals surface area contributed by atoms with Crippen molar-refractivity contribution in [2.45, 2.75) is 25.3 Å². The highest BCUT2D eigenvalue weighted by Gasteiger charge is 2.28. The van der Waals surface area contributed by atoms with Gasteiger partial charge in [-0.05, 0) is 37.1 Å². The van der Waals surface area contributed by atoms with E-state index in [2.05, 4.69) is 4.98 Å². The van der Waals surface area contributed by atoms with Crippen LogP contribution >= 0.6 is 36.4 Å². The summed E-state index contributed by atoms with van der Waals surface area (Å²) in [5.41, 5.74) is 7.59. The highest BCUT2D eigenvalue weighted by Crippen LogP contribution is 2.31. The van der Waals surface area contributed by atoms with E-state index in [9.17, 15) is 4.79 Å². The van der Waals surface area contributed by atoms with Crippen molar-refractivity contribution >= 4 is 53.4 Å². The van der Waals surface area contributed by atoms with Crippen LogP contribution in [0.4, 0.5) is 0 Å². The average molecular weight is 433 g/mol. The molecule has 3 aromatic rings. The summed E-state index contributed by atoms with van der Waals surface area (Å²) in [6.45, 7) is 1.61. The molecule has 146 valence electrons. The molecule has 1 aliphatic rings. The molecule has 0 bridgehead atoms. The van der Waals surface area contributed by atoms with Gasteiger partial charge in [0.1, 0.15) is 17.5 Å². The van der Waals surface area contributed by atoms with Crippen LogP contribution in [0.5, 0.6) is 0 Å². The smallest absolute Gasteiger partial charge is 0.257 e. The lowest BCUT2D eigenvalue weighted by Gasteiger charge is -2.30. The molecule has 2 aromatic heterocycles. The Bertz CT molecular complexity index is 917. The first-order valence-electron chi connectivity index (χ1n) is 8.27. The number of likely N-dealkylation sites (tertiary alicyclic amines) is 1. The first kappa shape index (κ1) is 21.6. The molecule has 0 atom stereocenters. The molecule has 0 aliphatic carbocycles. The van der Waals surface area contributed by atoms with Gasteiger partial charge in [0.15, 0.2) is 11.5 Å². The summed E-state index contributed by atoms with van der Waals surface area (Å²) in [6.07, 6.45) is 3.10. The Labute approximate surface area is 173 Å². The third kappa shape index (κ3) is 4.41. The lowest BCUT2D eigenvalue weighted by Crippen LogP contribution is -2.37. The van der Waals surface area contributed by atoms with Crippen LogP contribution in [0.1, 0.15) is 40.8 Å². The quantitative estimate of drug-likeness (QED) is 0.663. The van der Waals surface area contributed by atoms with Crippen LogP contribution in [0.2, 0.25) is 5.02 Å². The van der Waals surface area contributed by atoms with Gasteiger partial charge in [0, 0.05) is 24.0 Å². The standard InChI is InChI=1S/C18H18ClN3O3.2ClH/c19-13-1-2-16-15(8-13)21-17(25-16)11-3-5-22(6-4-11)18(23)12-7-14(9-20)24-10-12;;/h1-2,7-8,10-11H,3-6,9,20H2;2*1H. The summed E-state index contributed by atoms with van der Waals surface area (Å²) in [7, 11) is 0. The van der Waals surface area contributed by atoms with Gasteiger partial charge in [-0.2, -0.15) is 0 Å². The summed E-state index contributed by atoms with van der Waals surface area (Å²) in [4.78, 5) is 18.9. The first-order valence-corrected chi connectivity index (χ1v) is 8.64. The number of nitrogens with zero attached hydrogens (tertiary/aromatic N) is 2. The number of piperidine rings is 1. The van der Waals surface area contributed by atoms with Crippen molar-refractivity contribution in [3.63, 3.8) is 0 Å². The molecule has 1 saturated heterocycles. The normalized spacial score (nSPS) is 14.7. The fourth-order valence-electron chi connectivity index (χ4n) is 3.20. The Kier molecular flexibility index (Phi) is 7.17. The molecule has 1 aromatic carbocycles. The number of hydrogen-bond donors (Lipinski definition) is 1. The second-order valence-corrected chi connectivity index (χ2v) is 6.67. The molecular weight excluding hydrogens is 413 g/mol. The predicted molar refractivity (Wildman–Crippen MR) is 108 cm³/mol. The zero-order valence-electron chi connectivity index (χ0n) is 14.4. The third-order valence-electron chi connectivity index (χ3n) is 4.60. The molecule has 0 spiro atoms. The Hall–Kier alpha value is -1.73. The van der Waals surface area contributed by atoms with Crippen LogP contribution in [0, 0.1) is 0 Å². The van der Waals surface area contributed by atoms with Gasteiger partial charge < -0.3 is 19.5 Å². The minimum Gasteiger partial charge on any atom is -0.467 e. The second-order valence-electron chi connectivity index (χ2n) is 6.24. The largest absolute Gasteiger partial charge is 0.467 e. The molecule has 27 heavy (non-hydrogen) atoms. The molecule has 3 heterocycles. The van der Waals surface area contributed by atoms with Crippen LogP contribution in [0.3, 0.4) is 0 Å². The van der Waals surface area contributed by atoms with Crippen molar-refractivity contribution in [2.75, 3.05) is 13.1 Å². The molecule has 1 amide bonds. The zero-order valence-corrected chi connectivity index (χ0v) is 16.8. The van der Waals surface area contributed by atoms with Crippen molar-refractivity contribution < 1.29 is 13.6 Å². The number of carbonyl (C=O) groups excluding carboxylic acids is 1. The minimum absolute atomic E-state index is 0. The Morgan fingerprint density at radius 2 is 2.00 bits per heavy atom. The van der Waals surface area contributed by atoms with Crippen LogP contribution in [-0.2, 0) is 6.54 Å². The topological polar surface area (TPSA) is 85.5 Å². The van der Waals surface area contributed by atoms with Crippen molar-refractivity contribution in [1.29, 1.82) is 0 Å². The van der Waals surface area contributed by atoms with Crippen LogP contribution < -0.4 is 5.73 Å². The molecule has 0 saturated carbocycles. The lowest BCUT2D eigenvalue weighted by molar-refractivity contribution is 0.0706. The maximum absolute atomic E-state index is 12.5. The van der Waals surface area contributed by atoms with Crippen LogP contribution in [0.15, 0.2) is 39.4 Å². The fourth-order valence-corrected chi connectivity index (χ4v) is 3.37. The number of carbonyl (C=O) groups is 1. The maximum atomic E-state index is 12.5. The third-order valence-corrected chi connectivity index (χ3v) is 4.83. The van der Waals surface area contributed by atoms with Crippen LogP contribution in [-0.4, -0.2) is 28.9 Å². The van der Waals surface area contributed by atoms with Gasteiger partial charge in [-0.25, -0.2) is 4.98 Å².